The highest BCUT2D eigenvalue weighted by atomic mass is 14.5. The standard InChI is InChI=1S/C13H22/c1-12(2)9-13(3,4)11-8-6-5-7-10(11)12/h5-9H2,1-4H3. The van der Waals surface area contributed by atoms with Crippen molar-refractivity contribution in [2.45, 2.75) is 59.8 Å². The van der Waals surface area contributed by atoms with Gasteiger partial charge in [-0.15, -0.1) is 0 Å². The average Bonchev–Trinajstić information content (AvgIpc) is 2.20. The summed E-state index contributed by atoms with van der Waals surface area (Å²) in [6.07, 6.45) is 6.98. The van der Waals surface area contributed by atoms with E-state index in [4.69, 9.17) is 0 Å². The lowest BCUT2D eigenvalue weighted by Gasteiger charge is -2.25. The average molecular weight is 178 g/mol. The van der Waals surface area contributed by atoms with E-state index in [2.05, 4.69) is 27.7 Å². The summed E-state index contributed by atoms with van der Waals surface area (Å²) in [5.74, 6) is 0. The van der Waals surface area contributed by atoms with Gasteiger partial charge >= 0.3 is 0 Å². The van der Waals surface area contributed by atoms with Gasteiger partial charge in [0.2, 0.25) is 0 Å². The van der Waals surface area contributed by atoms with Crippen LogP contribution < -0.4 is 0 Å². The van der Waals surface area contributed by atoms with Crippen molar-refractivity contribution in [1.82, 2.24) is 0 Å². The van der Waals surface area contributed by atoms with Crippen molar-refractivity contribution in [3.8, 4) is 0 Å². The van der Waals surface area contributed by atoms with Crippen molar-refractivity contribution < 1.29 is 0 Å². The van der Waals surface area contributed by atoms with E-state index in [1.165, 1.54) is 32.1 Å². The molecule has 0 amide bonds. The van der Waals surface area contributed by atoms with Gasteiger partial charge in [0.1, 0.15) is 0 Å². The van der Waals surface area contributed by atoms with E-state index in [-0.39, 0.29) is 0 Å². The fourth-order valence-electron chi connectivity index (χ4n) is 3.72. The van der Waals surface area contributed by atoms with Crippen molar-refractivity contribution in [2.75, 3.05) is 0 Å². The summed E-state index contributed by atoms with van der Waals surface area (Å²) in [7, 11) is 0. The van der Waals surface area contributed by atoms with E-state index in [0.29, 0.717) is 10.8 Å². The number of hydrogen-bond acceptors (Lipinski definition) is 0. The maximum Gasteiger partial charge on any atom is -0.0134 e. The van der Waals surface area contributed by atoms with Gasteiger partial charge in [-0.05, 0) is 42.9 Å². The molecule has 0 N–H and O–H groups in total. The molecule has 0 aromatic rings. The third kappa shape index (κ3) is 1.35. The number of hydrogen-bond donors (Lipinski definition) is 0. The Kier molecular flexibility index (Phi) is 1.87. The highest BCUT2D eigenvalue weighted by Crippen LogP contribution is 2.57. The molecule has 0 fully saturated rings. The first-order valence-corrected chi connectivity index (χ1v) is 5.66. The fourth-order valence-corrected chi connectivity index (χ4v) is 3.72. The summed E-state index contributed by atoms with van der Waals surface area (Å²) in [6.45, 7) is 9.73. The Bertz CT molecular complexity index is 227. The minimum absolute atomic E-state index is 0.499. The summed E-state index contributed by atoms with van der Waals surface area (Å²) < 4.78 is 0. The molecule has 0 spiro atoms. The smallest absolute Gasteiger partial charge is 0.0134 e. The first kappa shape index (κ1) is 9.30. The second kappa shape index (κ2) is 2.62. The Morgan fingerprint density at radius 2 is 1.15 bits per heavy atom. The second-order valence-electron chi connectivity index (χ2n) is 6.11. The molecule has 2 aliphatic carbocycles. The molecule has 0 nitrogen and oxygen atoms in total. The molecular formula is C13H22. The minimum Gasteiger partial charge on any atom is -0.0648 e. The van der Waals surface area contributed by atoms with Crippen molar-refractivity contribution in [1.29, 1.82) is 0 Å². The minimum atomic E-state index is 0.499. The zero-order valence-electron chi connectivity index (χ0n) is 9.54. The molecule has 0 bridgehead atoms. The molecule has 0 unspecified atom stereocenters. The molecule has 0 aromatic heterocycles. The Balaban J connectivity index is 2.43. The van der Waals surface area contributed by atoms with Crippen molar-refractivity contribution in [3.63, 3.8) is 0 Å². The predicted octanol–water partition coefficient (Wildman–Crippen LogP) is 4.31. The molecule has 0 heteroatoms. The first-order valence-electron chi connectivity index (χ1n) is 5.66. The molecule has 0 radical (unpaired) electrons. The van der Waals surface area contributed by atoms with Crippen LogP contribution in [0.3, 0.4) is 0 Å². The van der Waals surface area contributed by atoms with Gasteiger partial charge in [-0.2, -0.15) is 0 Å². The fraction of sp³-hybridized carbons (Fsp3) is 0.846. The van der Waals surface area contributed by atoms with E-state index < -0.39 is 0 Å². The van der Waals surface area contributed by atoms with Gasteiger partial charge in [0.15, 0.2) is 0 Å². The largest absolute Gasteiger partial charge is 0.0648 e. The maximum atomic E-state index is 2.43. The summed E-state index contributed by atoms with van der Waals surface area (Å²) in [5.41, 5.74) is 4.62. The van der Waals surface area contributed by atoms with Crippen LogP contribution in [0.4, 0.5) is 0 Å². The van der Waals surface area contributed by atoms with Crippen LogP contribution in [-0.4, -0.2) is 0 Å². The molecular weight excluding hydrogens is 156 g/mol. The molecule has 74 valence electrons. The molecule has 0 saturated carbocycles. The first-order chi connectivity index (χ1) is 5.93. The van der Waals surface area contributed by atoms with Crippen LogP contribution in [0.5, 0.6) is 0 Å². The molecule has 2 rings (SSSR count). The normalized spacial score (nSPS) is 30.5. The Morgan fingerprint density at radius 1 is 0.769 bits per heavy atom. The highest BCUT2D eigenvalue weighted by molar-refractivity contribution is 5.34. The zero-order chi connectivity index (χ0) is 9.69. The number of allylic oxidation sites excluding steroid dienone is 2. The summed E-state index contributed by atoms with van der Waals surface area (Å²) in [5, 5.41) is 0. The molecule has 0 heterocycles. The molecule has 0 saturated heterocycles. The van der Waals surface area contributed by atoms with Crippen LogP contribution in [-0.2, 0) is 0 Å². The molecule has 13 heavy (non-hydrogen) atoms. The topological polar surface area (TPSA) is 0 Å². The monoisotopic (exact) mass is 178 g/mol. The van der Waals surface area contributed by atoms with Gasteiger partial charge in [0.25, 0.3) is 0 Å². The van der Waals surface area contributed by atoms with Crippen LogP contribution in [0.2, 0.25) is 0 Å². The Labute approximate surface area is 82.4 Å². The molecule has 0 aromatic carbocycles. The molecule has 0 atom stereocenters. The summed E-state index contributed by atoms with van der Waals surface area (Å²) >= 11 is 0. The van der Waals surface area contributed by atoms with Crippen molar-refractivity contribution in [3.05, 3.63) is 11.1 Å². The second-order valence-corrected chi connectivity index (χ2v) is 6.11. The third-order valence-electron chi connectivity index (χ3n) is 3.99. The highest BCUT2D eigenvalue weighted by Gasteiger charge is 2.43. The molecule has 2 aliphatic rings. The number of rotatable bonds is 0. The quantitative estimate of drug-likeness (QED) is 0.485. The SMILES string of the molecule is CC1(C)CC(C)(C)C2=C1CCCC2. The van der Waals surface area contributed by atoms with Crippen LogP contribution >= 0.6 is 0 Å². The van der Waals surface area contributed by atoms with Gasteiger partial charge in [0, 0.05) is 0 Å². The lowest BCUT2D eigenvalue weighted by molar-refractivity contribution is 0.313. The van der Waals surface area contributed by atoms with Crippen molar-refractivity contribution in [2.24, 2.45) is 10.8 Å². The lowest BCUT2D eigenvalue weighted by Crippen LogP contribution is -2.14. The Hall–Kier alpha value is -0.260. The van der Waals surface area contributed by atoms with Gasteiger partial charge in [-0.25, -0.2) is 0 Å². The van der Waals surface area contributed by atoms with Gasteiger partial charge < -0.3 is 0 Å². The van der Waals surface area contributed by atoms with Crippen LogP contribution in [0.25, 0.3) is 0 Å². The van der Waals surface area contributed by atoms with Gasteiger partial charge in [-0.1, -0.05) is 38.8 Å². The van der Waals surface area contributed by atoms with E-state index >= 15 is 0 Å². The van der Waals surface area contributed by atoms with E-state index in [1.807, 2.05) is 11.1 Å². The van der Waals surface area contributed by atoms with E-state index in [0.717, 1.165) is 0 Å². The Morgan fingerprint density at radius 3 is 1.54 bits per heavy atom. The van der Waals surface area contributed by atoms with Crippen molar-refractivity contribution >= 4 is 0 Å². The van der Waals surface area contributed by atoms with Crippen LogP contribution in [0.1, 0.15) is 59.8 Å². The van der Waals surface area contributed by atoms with Gasteiger partial charge in [0.05, 0.1) is 0 Å². The maximum absolute atomic E-state index is 2.43. The van der Waals surface area contributed by atoms with Gasteiger partial charge in [-0.3, -0.25) is 0 Å². The van der Waals surface area contributed by atoms with Crippen LogP contribution in [0.15, 0.2) is 11.1 Å². The van der Waals surface area contributed by atoms with E-state index in [1.54, 1.807) is 0 Å². The van der Waals surface area contributed by atoms with Crippen LogP contribution in [0, 0.1) is 10.8 Å². The lowest BCUT2D eigenvalue weighted by atomic mass is 9.79. The third-order valence-corrected chi connectivity index (χ3v) is 3.99. The predicted molar refractivity (Wildman–Crippen MR) is 57.7 cm³/mol. The summed E-state index contributed by atoms with van der Waals surface area (Å²) in [4.78, 5) is 0. The summed E-state index contributed by atoms with van der Waals surface area (Å²) in [6, 6.07) is 0. The van der Waals surface area contributed by atoms with E-state index in [9.17, 15) is 0 Å². The zero-order valence-corrected chi connectivity index (χ0v) is 9.54. The molecule has 0 aliphatic heterocycles.